The monoisotopic (exact) mass is 400 g/mol. The highest BCUT2D eigenvalue weighted by molar-refractivity contribution is 14.1. The highest BCUT2D eigenvalue weighted by Crippen LogP contribution is 2.28. The molecular weight excluding hydrogens is 386 g/mol. The maximum absolute atomic E-state index is 13.7. The molecule has 0 radical (unpaired) electrons. The minimum absolute atomic E-state index is 0.354. The van der Waals surface area contributed by atoms with Crippen LogP contribution in [0, 0.1) is 9.39 Å². The fourth-order valence-electron chi connectivity index (χ4n) is 1.88. The normalized spacial score (nSPS) is 11.8. The van der Waals surface area contributed by atoms with Gasteiger partial charge in [0.15, 0.2) is 6.04 Å². The lowest BCUT2D eigenvalue weighted by molar-refractivity contribution is -0.141. The molecule has 0 amide bonds. The van der Waals surface area contributed by atoms with Gasteiger partial charge in [0.05, 0.1) is 22.1 Å². The van der Waals surface area contributed by atoms with Crippen molar-refractivity contribution in [3.05, 3.63) is 57.4 Å². The third-order valence-electron chi connectivity index (χ3n) is 2.96. The summed E-state index contributed by atoms with van der Waals surface area (Å²) in [7, 11) is 1.30. The minimum Gasteiger partial charge on any atom is -0.467 e. The molecule has 0 aliphatic rings. The molecule has 110 valence electrons. The predicted molar refractivity (Wildman–Crippen MR) is 88.4 cm³/mol. The van der Waals surface area contributed by atoms with Crippen LogP contribution in [0.2, 0.25) is 0 Å². The van der Waals surface area contributed by atoms with E-state index in [1.807, 2.05) is 40.8 Å². The highest BCUT2D eigenvalue weighted by atomic mass is 127. The summed E-state index contributed by atoms with van der Waals surface area (Å²) in [5.41, 5.74) is 7.30. The standard InChI is InChI=1S/C15H14FIN2O2/c1-21-15(20)14(9-5-3-2-4-6-9)19-13-7-10(16)11(17)8-12(13)18/h2-8,14,19H,18H2,1H3. The van der Waals surface area contributed by atoms with Crippen molar-refractivity contribution in [2.24, 2.45) is 0 Å². The Morgan fingerprint density at radius 2 is 2.00 bits per heavy atom. The van der Waals surface area contributed by atoms with Crippen molar-refractivity contribution in [3.63, 3.8) is 0 Å². The largest absolute Gasteiger partial charge is 0.467 e. The number of carbonyl (C=O) groups is 1. The van der Waals surface area contributed by atoms with Gasteiger partial charge >= 0.3 is 5.97 Å². The van der Waals surface area contributed by atoms with E-state index in [1.54, 1.807) is 12.1 Å². The van der Waals surface area contributed by atoms with Crippen LogP contribution in [-0.4, -0.2) is 13.1 Å². The van der Waals surface area contributed by atoms with Gasteiger partial charge in [-0.15, -0.1) is 0 Å². The van der Waals surface area contributed by atoms with Gasteiger partial charge in [-0.3, -0.25) is 0 Å². The number of anilines is 2. The SMILES string of the molecule is COC(=O)C(Nc1cc(F)c(I)cc1N)c1ccccc1. The van der Waals surface area contributed by atoms with Crippen LogP contribution >= 0.6 is 22.6 Å². The number of hydrogen-bond donors (Lipinski definition) is 2. The molecule has 1 atom stereocenters. The van der Waals surface area contributed by atoms with E-state index in [-0.39, 0.29) is 0 Å². The lowest BCUT2D eigenvalue weighted by Gasteiger charge is -2.19. The van der Waals surface area contributed by atoms with Crippen LogP contribution < -0.4 is 11.1 Å². The van der Waals surface area contributed by atoms with Crippen LogP contribution in [0.15, 0.2) is 42.5 Å². The molecule has 0 aromatic heterocycles. The van der Waals surface area contributed by atoms with Crippen molar-refractivity contribution in [2.75, 3.05) is 18.2 Å². The first-order chi connectivity index (χ1) is 10.0. The van der Waals surface area contributed by atoms with Gasteiger partial charge in [-0.2, -0.15) is 0 Å². The summed E-state index contributed by atoms with van der Waals surface area (Å²) in [5.74, 6) is -0.872. The Balaban J connectivity index is 2.36. The van der Waals surface area contributed by atoms with Crippen LogP contribution in [0.4, 0.5) is 15.8 Å². The average Bonchev–Trinajstić information content (AvgIpc) is 2.49. The van der Waals surface area contributed by atoms with E-state index in [1.165, 1.54) is 19.2 Å². The van der Waals surface area contributed by atoms with E-state index in [0.717, 1.165) is 0 Å². The van der Waals surface area contributed by atoms with E-state index in [0.29, 0.717) is 20.5 Å². The zero-order valence-corrected chi connectivity index (χ0v) is 13.4. The molecule has 1 unspecified atom stereocenters. The number of methoxy groups -OCH3 is 1. The van der Waals surface area contributed by atoms with E-state index < -0.39 is 17.8 Å². The van der Waals surface area contributed by atoms with Crippen molar-refractivity contribution < 1.29 is 13.9 Å². The van der Waals surface area contributed by atoms with Gasteiger partial charge in [-0.25, -0.2) is 9.18 Å². The Kier molecular flexibility index (Phi) is 5.00. The fraction of sp³-hybridized carbons (Fsp3) is 0.133. The van der Waals surface area contributed by atoms with Gasteiger partial charge in [0.25, 0.3) is 0 Å². The molecule has 0 aliphatic carbocycles. The average molecular weight is 400 g/mol. The molecule has 2 aromatic carbocycles. The molecule has 21 heavy (non-hydrogen) atoms. The highest BCUT2D eigenvalue weighted by Gasteiger charge is 2.22. The van der Waals surface area contributed by atoms with Crippen LogP contribution in [0.1, 0.15) is 11.6 Å². The first-order valence-electron chi connectivity index (χ1n) is 6.16. The van der Waals surface area contributed by atoms with E-state index in [4.69, 9.17) is 10.5 Å². The summed E-state index contributed by atoms with van der Waals surface area (Å²) < 4.78 is 18.9. The lowest BCUT2D eigenvalue weighted by Crippen LogP contribution is -2.23. The van der Waals surface area contributed by atoms with Crippen molar-refractivity contribution in [3.8, 4) is 0 Å². The molecular formula is C15H14FIN2O2. The number of rotatable bonds is 4. The molecule has 0 saturated carbocycles. The van der Waals surface area contributed by atoms with Gasteiger partial charge in [0, 0.05) is 6.07 Å². The maximum atomic E-state index is 13.7. The molecule has 2 aromatic rings. The molecule has 0 saturated heterocycles. The van der Waals surface area contributed by atoms with Crippen LogP contribution in [0.25, 0.3) is 0 Å². The molecule has 0 fully saturated rings. The number of ether oxygens (including phenoxy) is 1. The second kappa shape index (κ2) is 6.75. The van der Waals surface area contributed by atoms with Gasteiger partial charge in [-0.1, -0.05) is 30.3 Å². The number of nitrogen functional groups attached to an aromatic ring is 1. The summed E-state index contributed by atoms with van der Waals surface area (Å²) in [5, 5.41) is 2.94. The van der Waals surface area contributed by atoms with Crippen molar-refractivity contribution in [1.29, 1.82) is 0 Å². The van der Waals surface area contributed by atoms with E-state index in [2.05, 4.69) is 5.32 Å². The number of nitrogens with two attached hydrogens (primary N) is 1. The quantitative estimate of drug-likeness (QED) is 0.470. The molecule has 0 bridgehead atoms. The number of carbonyl (C=O) groups excluding carboxylic acids is 1. The second-order valence-corrected chi connectivity index (χ2v) is 5.53. The molecule has 6 heteroatoms. The summed E-state index contributed by atoms with van der Waals surface area (Å²) in [4.78, 5) is 12.0. The molecule has 2 rings (SSSR count). The number of halogens is 2. The summed E-state index contributed by atoms with van der Waals surface area (Å²) >= 11 is 1.86. The Hall–Kier alpha value is -1.83. The van der Waals surface area contributed by atoms with Crippen molar-refractivity contribution >= 4 is 39.9 Å². The van der Waals surface area contributed by atoms with Crippen LogP contribution in [0.3, 0.4) is 0 Å². The first kappa shape index (κ1) is 15.6. The molecule has 4 nitrogen and oxygen atoms in total. The number of hydrogen-bond acceptors (Lipinski definition) is 4. The Labute approximate surface area is 135 Å². The third-order valence-corrected chi connectivity index (χ3v) is 3.79. The molecule has 0 aliphatic heterocycles. The smallest absolute Gasteiger partial charge is 0.332 e. The zero-order chi connectivity index (χ0) is 15.4. The van der Waals surface area contributed by atoms with Crippen molar-refractivity contribution in [2.45, 2.75) is 6.04 Å². The van der Waals surface area contributed by atoms with E-state index >= 15 is 0 Å². The topological polar surface area (TPSA) is 64.3 Å². The van der Waals surface area contributed by atoms with E-state index in [9.17, 15) is 9.18 Å². The van der Waals surface area contributed by atoms with Crippen LogP contribution in [-0.2, 0) is 9.53 Å². The number of esters is 1. The summed E-state index contributed by atoms with van der Waals surface area (Å²) in [6.07, 6.45) is 0. The van der Waals surface area contributed by atoms with Gasteiger partial charge < -0.3 is 15.8 Å². The van der Waals surface area contributed by atoms with Crippen molar-refractivity contribution in [1.82, 2.24) is 0 Å². The first-order valence-corrected chi connectivity index (χ1v) is 7.24. The van der Waals surface area contributed by atoms with Gasteiger partial charge in [0.1, 0.15) is 5.82 Å². The lowest BCUT2D eigenvalue weighted by atomic mass is 10.1. The van der Waals surface area contributed by atoms with Crippen LogP contribution in [0.5, 0.6) is 0 Å². The van der Waals surface area contributed by atoms with Gasteiger partial charge in [-0.05, 0) is 34.2 Å². The predicted octanol–water partition coefficient (Wildman–Crippen LogP) is 3.34. The Morgan fingerprint density at radius 3 is 2.62 bits per heavy atom. The number of benzene rings is 2. The molecule has 0 heterocycles. The fourth-order valence-corrected chi connectivity index (χ4v) is 2.38. The maximum Gasteiger partial charge on any atom is 0.332 e. The molecule has 3 N–H and O–H groups in total. The summed E-state index contributed by atoms with van der Waals surface area (Å²) in [6.45, 7) is 0. The molecule has 0 spiro atoms. The Morgan fingerprint density at radius 1 is 1.33 bits per heavy atom. The number of nitrogens with one attached hydrogen (secondary N) is 1. The zero-order valence-electron chi connectivity index (χ0n) is 11.3. The minimum atomic E-state index is -0.752. The second-order valence-electron chi connectivity index (χ2n) is 4.36. The Bertz CT molecular complexity index is 650. The van der Waals surface area contributed by atoms with Gasteiger partial charge in [0.2, 0.25) is 0 Å². The third kappa shape index (κ3) is 3.63. The summed E-state index contributed by atoms with van der Waals surface area (Å²) in [6, 6.07) is 11.1.